The molecule has 0 bridgehead atoms. The number of rotatable bonds is 7. The van der Waals surface area contributed by atoms with Crippen LogP contribution in [0.4, 0.5) is 0 Å². The summed E-state index contributed by atoms with van der Waals surface area (Å²) in [6, 6.07) is 10.8. The molecule has 2 unspecified atom stereocenters. The van der Waals surface area contributed by atoms with Crippen molar-refractivity contribution in [2.75, 3.05) is 19.6 Å². The summed E-state index contributed by atoms with van der Waals surface area (Å²) in [6.07, 6.45) is 8.75. The maximum Gasteiger partial charge on any atom is 0.250 e. The van der Waals surface area contributed by atoms with Crippen LogP contribution in [0.15, 0.2) is 36.5 Å². The molecule has 1 aliphatic carbocycles. The van der Waals surface area contributed by atoms with Gasteiger partial charge in [0.25, 0.3) is 0 Å². The molecule has 160 valence electrons. The number of carbonyl (C=O) groups is 1. The van der Waals surface area contributed by atoms with Crippen molar-refractivity contribution < 1.29 is 9.53 Å². The number of ether oxygens (including phenoxy) is 1. The minimum atomic E-state index is -0.488. The van der Waals surface area contributed by atoms with Crippen LogP contribution >= 0.6 is 0 Å². The second-order valence-corrected chi connectivity index (χ2v) is 8.36. The predicted octanol–water partition coefficient (Wildman–Crippen LogP) is 3.81. The van der Waals surface area contributed by atoms with E-state index < -0.39 is 5.91 Å². The van der Waals surface area contributed by atoms with E-state index in [0.29, 0.717) is 23.5 Å². The van der Waals surface area contributed by atoms with Crippen LogP contribution in [0.3, 0.4) is 0 Å². The lowest BCUT2D eigenvalue weighted by Gasteiger charge is -2.36. The fraction of sp³-hybridized carbons (Fsp3) is 0.500. The van der Waals surface area contributed by atoms with Crippen molar-refractivity contribution in [3.8, 4) is 11.6 Å². The molecule has 1 amide bonds. The quantitative estimate of drug-likeness (QED) is 0.728. The number of amides is 1. The number of carbonyl (C=O) groups excluding carboxylic acids is 1. The third-order valence-electron chi connectivity index (χ3n) is 6.28. The number of aromatic nitrogens is 1. The van der Waals surface area contributed by atoms with Gasteiger partial charge in [0.05, 0.1) is 5.56 Å². The van der Waals surface area contributed by atoms with Crippen LogP contribution in [0.1, 0.15) is 66.6 Å². The van der Waals surface area contributed by atoms with Crippen LogP contribution in [-0.4, -0.2) is 41.5 Å². The molecule has 0 radical (unpaired) electrons. The Hall–Kier alpha value is -2.44. The zero-order chi connectivity index (χ0) is 20.9. The van der Waals surface area contributed by atoms with E-state index in [1.54, 1.807) is 12.1 Å². The summed E-state index contributed by atoms with van der Waals surface area (Å²) in [5.41, 5.74) is 8.46. The molecule has 1 saturated heterocycles. The average molecular weight is 409 g/mol. The number of nitrogens with two attached hydrogens (primary N) is 1. The van der Waals surface area contributed by atoms with Crippen LogP contribution in [0.5, 0.6) is 11.6 Å². The van der Waals surface area contributed by atoms with Crippen molar-refractivity contribution in [2.45, 2.75) is 57.5 Å². The number of nitrogens with one attached hydrogen (secondary N) is 1. The highest BCUT2D eigenvalue weighted by Crippen LogP contribution is 2.39. The molecular formula is C24H32N4O2. The van der Waals surface area contributed by atoms with Crippen molar-refractivity contribution in [3.63, 3.8) is 0 Å². The molecule has 30 heavy (non-hydrogen) atoms. The molecule has 1 aliphatic heterocycles. The lowest BCUT2D eigenvalue weighted by atomic mass is 10.0. The van der Waals surface area contributed by atoms with Gasteiger partial charge in [0.1, 0.15) is 5.75 Å². The summed E-state index contributed by atoms with van der Waals surface area (Å²) in [5, 5.41) is 3.63. The third-order valence-corrected chi connectivity index (χ3v) is 6.28. The van der Waals surface area contributed by atoms with Crippen LogP contribution in [0.2, 0.25) is 0 Å². The molecule has 4 rings (SSSR count). The molecule has 1 aromatic heterocycles. The first kappa shape index (κ1) is 20.8. The maximum atomic E-state index is 11.2. The van der Waals surface area contributed by atoms with E-state index in [9.17, 15) is 4.79 Å². The summed E-state index contributed by atoms with van der Waals surface area (Å²) >= 11 is 0. The van der Waals surface area contributed by atoms with E-state index in [1.807, 2.05) is 6.07 Å². The van der Waals surface area contributed by atoms with E-state index in [4.69, 9.17) is 10.5 Å². The largest absolute Gasteiger partial charge is 0.439 e. The van der Waals surface area contributed by atoms with Crippen LogP contribution in [-0.2, 0) is 6.42 Å². The highest BCUT2D eigenvalue weighted by molar-refractivity contribution is 5.92. The number of pyridine rings is 1. The van der Waals surface area contributed by atoms with Gasteiger partial charge in [-0.2, -0.15) is 0 Å². The summed E-state index contributed by atoms with van der Waals surface area (Å²) < 4.78 is 5.93. The van der Waals surface area contributed by atoms with Crippen LogP contribution in [0.25, 0.3) is 0 Å². The van der Waals surface area contributed by atoms with Gasteiger partial charge >= 0.3 is 0 Å². The Morgan fingerprint density at radius 1 is 1.27 bits per heavy atom. The number of fused-ring (bicyclic) bond motifs is 1. The van der Waals surface area contributed by atoms with Crippen molar-refractivity contribution >= 4 is 5.91 Å². The average Bonchev–Trinajstić information content (AvgIpc) is 2.97. The van der Waals surface area contributed by atoms with E-state index in [0.717, 1.165) is 31.8 Å². The van der Waals surface area contributed by atoms with Gasteiger partial charge in [-0.05, 0) is 74.5 Å². The van der Waals surface area contributed by atoms with Crippen molar-refractivity contribution in [1.29, 1.82) is 0 Å². The van der Waals surface area contributed by atoms with Gasteiger partial charge in [-0.1, -0.05) is 19.4 Å². The van der Waals surface area contributed by atoms with Crippen molar-refractivity contribution in [1.82, 2.24) is 15.2 Å². The molecule has 2 atom stereocenters. The van der Waals surface area contributed by atoms with Gasteiger partial charge < -0.3 is 15.8 Å². The molecule has 2 aliphatic rings. The number of primary amides is 1. The van der Waals surface area contributed by atoms with Crippen LogP contribution in [0, 0.1) is 0 Å². The first-order chi connectivity index (χ1) is 14.7. The van der Waals surface area contributed by atoms with Crippen molar-refractivity contribution in [3.05, 3.63) is 53.2 Å². The summed E-state index contributed by atoms with van der Waals surface area (Å²) in [7, 11) is 0. The Labute approximate surface area is 178 Å². The lowest BCUT2D eigenvalue weighted by Crippen LogP contribution is -2.43. The molecule has 0 saturated carbocycles. The zero-order valence-corrected chi connectivity index (χ0v) is 17.8. The molecule has 0 spiro atoms. The molecule has 6 heteroatoms. The van der Waals surface area contributed by atoms with Crippen LogP contribution < -0.4 is 15.8 Å². The Morgan fingerprint density at radius 3 is 2.93 bits per heavy atom. The second-order valence-electron chi connectivity index (χ2n) is 8.36. The van der Waals surface area contributed by atoms with E-state index in [1.165, 1.54) is 49.4 Å². The van der Waals surface area contributed by atoms with Gasteiger partial charge in [-0.25, -0.2) is 4.98 Å². The number of nitrogens with zero attached hydrogens (tertiary/aromatic N) is 2. The SMILES string of the molecule is CCCN(C1CCCCNC1)C1CCc2cc(Oc3ccc(C(N)=O)cn3)ccc21. The predicted molar refractivity (Wildman–Crippen MR) is 118 cm³/mol. The molecule has 3 N–H and O–H groups in total. The van der Waals surface area contributed by atoms with E-state index in [2.05, 4.69) is 34.3 Å². The number of hydrogen-bond donors (Lipinski definition) is 2. The van der Waals surface area contributed by atoms with Gasteiger partial charge in [0, 0.05) is 30.9 Å². The molecule has 6 nitrogen and oxygen atoms in total. The standard InChI is InChI=1S/C24H32N4O2/c1-2-13-28(19-5-3-4-12-26-16-19)22-10-6-17-14-20(8-9-21(17)22)30-23-11-7-18(15-27-23)24(25)29/h7-9,11,14-15,19,22,26H,2-6,10,12-13,16H2,1H3,(H2,25,29). The fourth-order valence-corrected chi connectivity index (χ4v) is 4.82. The number of hydrogen-bond acceptors (Lipinski definition) is 5. The highest BCUT2D eigenvalue weighted by Gasteiger charge is 2.32. The normalized spacial score (nSPS) is 21.3. The minimum absolute atomic E-state index is 0.378. The second kappa shape index (κ2) is 9.58. The summed E-state index contributed by atoms with van der Waals surface area (Å²) in [4.78, 5) is 18.1. The smallest absolute Gasteiger partial charge is 0.250 e. The van der Waals surface area contributed by atoms with E-state index in [-0.39, 0.29) is 0 Å². The molecule has 2 heterocycles. The number of benzene rings is 1. The van der Waals surface area contributed by atoms with Gasteiger partial charge in [0.15, 0.2) is 0 Å². The number of aryl methyl sites for hydroxylation is 1. The topological polar surface area (TPSA) is 80.5 Å². The third kappa shape index (κ3) is 4.65. The molecule has 1 aromatic carbocycles. The summed E-state index contributed by atoms with van der Waals surface area (Å²) in [6.45, 7) is 5.66. The Bertz CT molecular complexity index is 860. The van der Waals surface area contributed by atoms with Gasteiger partial charge in [-0.3, -0.25) is 9.69 Å². The zero-order valence-electron chi connectivity index (χ0n) is 17.8. The van der Waals surface area contributed by atoms with E-state index >= 15 is 0 Å². The fourth-order valence-electron chi connectivity index (χ4n) is 4.82. The molecule has 1 fully saturated rings. The monoisotopic (exact) mass is 408 g/mol. The molecular weight excluding hydrogens is 376 g/mol. The summed E-state index contributed by atoms with van der Waals surface area (Å²) in [5.74, 6) is 0.761. The van der Waals surface area contributed by atoms with Gasteiger partial charge in [0.2, 0.25) is 11.8 Å². The molecule has 2 aromatic rings. The van der Waals surface area contributed by atoms with Crippen molar-refractivity contribution in [2.24, 2.45) is 5.73 Å². The Kier molecular flexibility index (Phi) is 6.65. The Balaban J connectivity index is 1.49. The highest BCUT2D eigenvalue weighted by atomic mass is 16.5. The first-order valence-corrected chi connectivity index (χ1v) is 11.2. The Morgan fingerprint density at radius 2 is 2.17 bits per heavy atom. The van der Waals surface area contributed by atoms with Gasteiger partial charge in [-0.15, -0.1) is 0 Å². The lowest BCUT2D eigenvalue weighted by molar-refractivity contribution is 0.1000. The minimum Gasteiger partial charge on any atom is -0.439 e. The first-order valence-electron chi connectivity index (χ1n) is 11.2. The maximum absolute atomic E-state index is 11.2.